The summed E-state index contributed by atoms with van der Waals surface area (Å²) in [5.41, 5.74) is 0.391. The number of hydrogen-bond acceptors (Lipinski definition) is 4. The molecule has 0 spiro atoms. The summed E-state index contributed by atoms with van der Waals surface area (Å²) in [6.07, 6.45) is 0. The summed E-state index contributed by atoms with van der Waals surface area (Å²) in [6.45, 7) is 0. The van der Waals surface area contributed by atoms with E-state index >= 15 is 0 Å². The van der Waals surface area contributed by atoms with Crippen molar-refractivity contribution in [3.05, 3.63) is 29.8 Å². The van der Waals surface area contributed by atoms with E-state index in [9.17, 15) is 4.79 Å². The van der Waals surface area contributed by atoms with Gasteiger partial charge in [0.15, 0.2) is 0 Å². The molecule has 0 aromatic heterocycles. The van der Waals surface area contributed by atoms with Crippen LogP contribution >= 0.6 is 0 Å². The zero-order valence-electron chi connectivity index (χ0n) is 6.06. The number of fused-ring (bicyclic) bond motifs is 1. The summed E-state index contributed by atoms with van der Waals surface area (Å²) in [7, 11) is 0. The van der Waals surface area contributed by atoms with Gasteiger partial charge in [-0.1, -0.05) is 0 Å². The quantitative estimate of drug-likeness (QED) is 0.642. The van der Waals surface area contributed by atoms with Crippen molar-refractivity contribution in [1.82, 2.24) is 0 Å². The third-order valence-electron chi connectivity index (χ3n) is 1.54. The molecule has 0 radical (unpaired) electrons. The Kier molecular flexibility index (Phi) is 1.99. The van der Waals surface area contributed by atoms with Gasteiger partial charge in [0.05, 0.1) is 0 Å². The Bertz CT molecular complexity index is 325. The Morgan fingerprint density at radius 1 is 1.25 bits per heavy atom. The zero-order valence-corrected chi connectivity index (χ0v) is 10.5. The molecule has 0 fully saturated rings. The SMILES string of the molecule is O=C1[O][BiH2]([OH])[O]c2ccccc21. The van der Waals surface area contributed by atoms with Crippen LogP contribution in [0.2, 0.25) is 0 Å². The number of para-hydroxylation sites is 1. The van der Waals surface area contributed by atoms with Crippen LogP contribution in [-0.2, 0) is 2.81 Å². The summed E-state index contributed by atoms with van der Waals surface area (Å²) >= 11 is -3.49. The van der Waals surface area contributed by atoms with Crippen molar-refractivity contribution in [3.63, 3.8) is 0 Å². The summed E-state index contributed by atoms with van der Waals surface area (Å²) < 4.78 is 18.7. The monoisotopic (exact) mass is 364 g/mol. The fraction of sp³-hybridized carbons (Fsp3) is 0. The first-order chi connectivity index (χ1) is 5.77. The second kappa shape index (κ2) is 3.00. The van der Waals surface area contributed by atoms with E-state index in [2.05, 4.69) is 2.81 Å². The third kappa shape index (κ3) is 1.30. The van der Waals surface area contributed by atoms with Gasteiger partial charge in [0.25, 0.3) is 0 Å². The molecule has 5 heteroatoms. The number of rotatable bonds is 0. The molecule has 4 nitrogen and oxygen atoms in total. The van der Waals surface area contributed by atoms with Crippen LogP contribution in [0, 0.1) is 0 Å². The molecule has 12 heavy (non-hydrogen) atoms. The maximum atomic E-state index is 11.1. The average molecular weight is 364 g/mol. The minimum absolute atomic E-state index is 0.391. The molecule has 1 N–H and O–H groups in total. The van der Waals surface area contributed by atoms with Gasteiger partial charge in [-0.2, -0.15) is 0 Å². The molecule has 0 saturated heterocycles. The standard InChI is InChI=1S/C7H6O3.Bi.H2O.2H/c8-6-4-2-1-3-5(6)7(9)10;;;;/h1-4,8H,(H,9,10);;1H2;;/q;+3;;;/p-3. The molecule has 0 atom stereocenters. The van der Waals surface area contributed by atoms with Crippen molar-refractivity contribution in [2.24, 2.45) is 0 Å². The van der Waals surface area contributed by atoms with E-state index in [-0.39, 0.29) is 0 Å². The third-order valence-corrected chi connectivity index (χ3v) is 4.93. The summed E-state index contributed by atoms with van der Waals surface area (Å²) in [5, 5.41) is 0. The molecule has 0 unspecified atom stereocenters. The van der Waals surface area contributed by atoms with Gasteiger partial charge in [-0.3, -0.25) is 0 Å². The predicted octanol–water partition coefficient (Wildman–Crippen LogP) is -0.322. The zero-order chi connectivity index (χ0) is 8.55. The Balaban J connectivity index is 2.47. The first-order valence-corrected chi connectivity index (χ1v) is 9.09. The van der Waals surface area contributed by atoms with Gasteiger partial charge in [0.2, 0.25) is 0 Å². The Hall–Kier alpha value is -0.667. The van der Waals surface area contributed by atoms with E-state index in [1.165, 1.54) is 0 Å². The Morgan fingerprint density at radius 2 is 2.00 bits per heavy atom. The van der Waals surface area contributed by atoms with Crippen molar-refractivity contribution in [2.75, 3.05) is 0 Å². The van der Waals surface area contributed by atoms with E-state index in [0.29, 0.717) is 11.3 Å². The van der Waals surface area contributed by atoms with Gasteiger partial charge >= 0.3 is 78.2 Å². The van der Waals surface area contributed by atoms with Crippen LogP contribution in [0.15, 0.2) is 24.3 Å². The minimum atomic E-state index is -3.49. The van der Waals surface area contributed by atoms with E-state index in [4.69, 9.17) is 6.00 Å². The molecule has 0 aliphatic carbocycles. The van der Waals surface area contributed by atoms with Gasteiger partial charge in [-0.15, -0.1) is 0 Å². The van der Waals surface area contributed by atoms with E-state index < -0.39 is 29.0 Å². The molecular weight excluding hydrogens is 357 g/mol. The Morgan fingerprint density at radius 3 is 2.83 bits per heavy atom. The molecule has 0 saturated carbocycles. The first kappa shape index (κ1) is 7.96. The van der Waals surface area contributed by atoms with Gasteiger partial charge in [0.1, 0.15) is 0 Å². The Labute approximate surface area is 78.3 Å². The topological polar surface area (TPSA) is 55.8 Å². The van der Waals surface area contributed by atoms with Crippen molar-refractivity contribution < 1.29 is 13.6 Å². The molecular formula is C7H7BiO4. The number of benzene rings is 1. The maximum absolute atomic E-state index is 11.1. The van der Waals surface area contributed by atoms with E-state index in [0.717, 1.165) is 0 Å². The molecule has 2 rings (SSSR count). The van der Waals surface area contributed by atoms with Crippen LogP contribution in [-0.4, -0.2) is 32.2 Å². The molecule has 0 bridgehead atoms. The normalized spacial score (nSPS) is 17.8. The van der Waals surface area contributed by atoms with Crippen LogP contribution in [0.1, 0.15) is 10.4 Å². The van der Waals surface area contributed by atoms with Gasteiger partial charge in [-0.05, 0) is 0 Å². The molecule has 1 aromatic rings. The second-order valence-corrected chi connectivity index (χ2v) is 6.55. The van der Waals surface area contributed by atoms with Gasteiger partial charge in [0, 0.05) is 0 Å². The van der Waals surface area contributed by atoms with Crippen molar-refractivity contribution >= 4 is 29.0 Å². The number of carbonyl (C=O) groups is 1. The van der Waals surface area contributed by atoms with E-state index in [1.807, 2.05) is 0 Å². The molecule has 0 amide bonds. The van der Waals surface area contributed by atoms with Crippen molar-refractivity contribution in [2.45, 2.75) is 0 Å². The van der Waals surface area contributed by atoms with Crippen molar-refractivity contribution in [3.8, 4) is 5.75 Å². The summed E-state index contributed by atoms with van der Waals surface area (Å²) in [4.78, 5) is 11.1. The number of carbonyl (C=O) groups excluding carboxylic acids is 1. The summed E-state index contributed by atoms with van der Waals surface area (Å²) in [6, 6.07) is 6.73. The number of hydrogen-bond donors (Lipinski definition) is 1. The van der Waals surface area contributed by atoms with Crippen LogP contribution in [0.5, 0.6) is 5.75 Å². The van der Waals surface area contributed by atoms with Crippen molar-refractivity contribution in [1.29, 1.82) is 0 Å². The first-order valence-electron chi connectivity index (χ1n) is 3.42. The van der Waals surface area contributed by atoms with Gasteiger partial charge in [-0.25, -0.2) is 0 Å². The van der Waals surface area contributed by atoms with E-state index in [1.54, 1.807) is 24.3 Å². The molecule has 1 aliphatic rings. The second-order valence-electron chi connectivity index (χ2n) is 2.33. The molecule has 1 heterocycles. The fourth-order valence-corrected chi connectivity index (χ4v) is 4.06. The van der Waals surface area contributed by atoms with Gasteiger partial charge < -0.3 is 0 Å². The van der Waals surface area contributed by atoms with Crippen LogP contribution in [0.4, 0.5) is 0 Å². The molecule has 1 aliphatic heterocycles. The molecule has 1 aromatic carbocycles. The molecule has 64 valence electrons. The van der Waals surface area contributed by atoms with Crippen LogP contribution in [0.3, 0.4) is 0 Å². The van der Waals surface area contributed by atoms with Crippen LogP contribution in [0.25, 0.3) is 0 Å². The summed E-state index contributed by atoms with van der Waals surface area (Å²) in [5.74, 6) is -0.0195. The fourth-order valence-electron chi connectivity index (χ4n) is 1.03. The average Bonchev–Trinajstić information content (AvgIpc) is 2.04. The van der Waals surface area contributed by atoms with Crippen LogP contribution < -0.4 is 2.81 Å². The predicted molar refractivity (Wildman–Crippen MR) is 43.2 cm³/mol.